The van der Waals surface area contributed by atoms with Crippen LogP contribution in [-0.2, 0) is 16.0 Å². The van der Waals surface area contributed by atoms with Crippen LogP contribution >= 0.6 is 0 Å². The molecule has 1 heterocycles. The Hall–Kier alpha value is -3.08. The van der Waals surface area contributed by atoms with Crippen LogP contribution in [0.5, 0.6) is 0 Å². The Morgan fingerprint density at radius 1 is 1.25 bits per heavy atom. The van der Waals surface area contributed by atoms with Crippen LogP contribution in [0.25, 0.3) is 5.57 Å². The summed E-state index contributed by atoms with van der Waals surface area (Å²) in [6, 6.07) is 13.3. The first kappa shape index (κ1) is 15.8. The molecular weight excluding hydrogens is 304 g/mol. The van der Waals surface area contributed by atoms with Crippen LogP contribution in [0.2, 0.25) is 0 Å². The predicted octanol–water partition coefficient (Wildman–Crippen LogP) is 3.42. The molecule has 0 saturated carbocycles. The molecule has 0 aliphatic carbocycles. The lowest BCUT2D eigenvalue weighted by atomic mass is 10.0. The van der Waals surface area contributed by atoms with Crippen molar-refractivity contribution in [3.63, 3.8) is 0 Å². The zero-order chi connectivity index (χ0) is 17.1. The fourth-order valence-electron chi connectivity index (χ4n) is 2.79. The summed E-state index contributed by atoms with van der Waals surface area (Å²) in [5, 5.41) is 14.8. The number of carbonyl (C=O) groups is 2. The van der Waals surface area contributed by atoms with Gasteiger partial charge in [0.1, 0.15) is 0 Å². The van der Waals surface area contributed by atoms with Crippen molar-refractivity contribution < 1.29 is 14.7 Å². The number of carboxylic acids is 1. The summed E-state index contributed by atoms with van der Waals surface area (Å²) in [6.07, 6.45) is 2.27. The van der Waals surface area contributed by atoms with Crippen LogP contribution in [-0.4, -0.2) is 17.0 Å². The zero-order valence-electron chi connectivity index (χ0n) is 13.3. The smallest absolute Gasteiger partial charge is 0.303 e. The molecule has 122 valence electrons. The molecule has 0 aromatic heterocycles. The molecule has 1 aliphatic rings. The molecule has 0 spiro atoms. The van der Waals surface area contributed by atoms with Gasteiger partial charge in [-0.05, 0) is 42.7 Å². The summed E-state index contributed by atoms with van der Waals surface area (Å²) in [7, 11) is 0. The minimum Gasteiger partial charge on any atom is -0.481 e. The number of amides is 1. The third-order valence-electron chi connectivity index (χ3n) is 3.97. The standard InChI is InChI=1S/C19H18N2O3/c1-12-4-2-7-16-18(12)15(19(24)21-16)11-20-14-6-3-5-13(10-14)8-9-17(22)23/h2-7,10-11,20H,8-9H2,1H3,(H,21,24)(H,22,23). The normalized spacial score (nSPS) is 14.4. The van der Waals surface area contributed by atoms with Crippen molar-refractivity contribution in [2.75, 3.05) is 10.6 Å². The molecular formula is C19H18N2O3. The maximum absolute atomic E-state index is 12.2. The van der Waals surface area contributed by atoms with Gasteiger partial charge in [-0.25, -0.2) is 0 Å². The highest BCUT2D eigenvalue weighted by Gasteiger charge is 2.25. The van der Waals surface area contributed by atoms with Crippen molar-refractivity contribution in [1.29, 1.82) is 0 Å². The third-order valence-corrected chi connectivity index (χ3v) is 3.97. The van der Waals surface area contributed by atoms with Gasteiger partial charge in [-0.3, -0.25) is 9.59 Å². The number of hydrogen-bond acceptors (Lipinski definition) is 3. The van der Waals surface area contributed by atoms with Crippen molar-refractivity contribution >= 4 is 28.8 Å². The molecule has 1 amide bonds. The average molecular weight is 322 g/mol. The molecule has 0 fully saturated rings. The first-order valence-electron chi connectivity index (χ1n) is 7.73. The molecule has 2 aromatic rings. The van der Waals surface area contributed by atoms with Gasteiger partial charge in [-0.1, -0.05) is 24.3 Å². The van der Waals surface area contributed by atoms with E-state index in [0.29, 0.717) is 12.0 Å². The van der Waals surface area contributed by atoms with Crippen LogP contribution in [0.4, 0.5) is 11.4 Å². The van der Waals surface area contributed by atoms with Gasteiger partial charge in [-0.2, -0.15) is 0 Å². The fraction of sp³-hybridized carbons (Fsp3) is 0.158. The van der Waals surface area contributed by atoms with Gasteiger partial charge in [0.15, 0.2) is 0 Å². The Morgan fingerprint density at radius 3 is 2.83 bits per heavy atom. The van der Waals surface area contributed by atoms with E-state index < -0.39 is 5.97 Å². The molecule has 2 aromatic carbocycles. The van der Waals surface area contributed by atoms with E-state index in [1.807, 2.05) is 49.4 Å². The Labute approximate surface area is 140 Å². The number of hydrogen-bond donors (Lipinski definition) is 3. The number of carboxylic acid groups (broad SMARTS) is 1. The first-order valence-corrected chi connectivity index (χ1v) is 7.73. The quantitative estimate of drug-likeness (QED) is 0.737. The van der Waals surface area contributed by atoms with Crippen molar-refractivity contribution in [1.82, 2.24) is 0 Å². The van der Waals surface area contributed by atoms with Crippen LogP contribution in [0.3, 0.4) is 0 Å². The summed E-state index contributed by atoms with van der Waals surface area (Å²) >= 11 is 0. The van der Waals surface area contributed by atoms with Gasteiger partial charge >= 0.3 is 5.97 Å². The summed E-state index contributed by atoms with van der Waals surface area (Å²) < 4.78 is 0. The first-order chi connectivity index (χ1) is 11.5. The van der Waals surface area contributed by atoms with Crippen LogP contribution in [0.1, 0.15) is 23.1 Å². The van der Waals surface area contributed by atoms with E-state index in [0.717, 1.165) is 28.1 Å². The Morgan fingerprint density at radius 2 is 2.04 bits per heavy atom. The fourth-order valence-corrected chi connectivity index (χ4v) is 2.79. The minimum absolute atomic E-state index is 0.0967. The van der Waals surface area contributed by atoms with Gasteiger partial charge in [-0.15, -0.1) is 0 Å². The molecule has 0 radical (unpaired) electrons. The Balaban J connectivity index is 1.81. The van der Waals surface area contributed by atoms with Crippen LogP contribution in [0, 0.1) is 6.92 Å². The van der Waals surface area contributed by atoms with Gasteiger partial charge in [0.05, 0.1) is 5.57 Å². The molecule has 0 bridgehead atoms. The molecule has 0 unspecified atom stereocenters. The topological polar surface area (TPSA) is 78.4 Å². The predicted molar refractivity (Wildman–Crippen MR) is 93.8 cm³/mol. The number of aliphatic carboxylic acids is 1. The van der Waals surface area contributed by atoms with Crippen molar-refractivity contribution in [3.8, 4) is 0 Å². The molecule has 0 saturated heterocycles. The maximum Gasteiger partial charge on any atom is 0.303 e. The van der Waals surface area contributed by atoms with Crippen LogP contribution < -0.4 is 10.6 Å². The lowest BCUT2D eigenvalue weighted by molar-refractivity contribution is -0.137. The van der Waals surface area contributed by atoms with Gasteiger partial charge in [0.25, 0.3) is 5.91 Å². The number of anilines is 2. The number of aryl methyl sites for hydroxylation is 2. The minimum atomic E-state index is -0.815. The number of rotatable bonds is 5. The van der Waals surface area contributed by atoms with Crippen molar-refractivity contribution in [2.24, 2.45) is 0 Å². The van der Waals surface area contributed by atoms with E-state index in [2.05, 4.69) is 10.6 Å². The molecule has 1 aliphatic heterocycles. The summed E-state index contributed by atoms with van der Waals surface area (Å²) in [5.74, 6) is -0.945. The SMILES string of the molecule is Cc1cccc2c1C(=CNc1cccc(CCC(=O)O)c1)C(=O)N2. The van der Waals surface area contributed by atoms with E-state index in [4.69, 9.17) is 5.11 Å². The van der Waals surface area contributed by atoms with E-state index in [1.165, 1.54) is 0 Å². The second-order valence-electron chi connectivity index (χ2n) is 5.75. The summed E-state index contributed by atoms with van der Waals surface area (Å²) in [4.78, 5) is 22.8. The second kappa shape index (κ2) is 6.58. The van der Waals surface area contributed by atoms with Crippen molar-refractivity contribution in [2.45, 2.75) is 19.8 Å². The summed E-state index contributed by atoms with van der Waals surface area (Å²) in [6.45, 7) is 1.97. The molecule has 3 rings (SSSR count). The second-order valence-corrected chi connectivity index (χ2v) is 5.75. The lowest BCUT2D eigenvalue weighted by Gasteiger charge is -2.06. The van der Waals surface area contributed by atoms with Crippen molar-refractivity contribution in [3.05, 3.63) is 65.4 Å². The highest BCUT2D eigenvalue weighted by atomic mass is 16.4. The van der Waals surface area contributed by atoms with Gasteiger partial charge in [0.2, 0.25) is 0 Å². The molecule has 3 N–H and O–H groups in total. The molecule has 24 heavy (non-hydrogen) atoms. The van der Waals surface area contributed by atoms with E-state index in [9.17, 15) is 9.59 Å². The zero-order valence-corrected chi connectivity index (χ0v) is 13.3. The number of nitrogens with one attached hydrogen (secondary N) is 2. The Kier molecular flexibility index (Phi) is 4.33. The molecule has 0 atom stereocenters. The summed E-state index contributed by atoms with van der Waals surface area (Å²) in [5.41, 5.74) is 5.13. The number of fused-ring (bicyclic) bond motifs is 1. The Bertz CT molecular complexity index is 840. The molecule has 5 nitrogen and oxygen atoms in total. The highest BCUT2D eigenvalue weighted by Crippen LogP contribution is 2.34. The lowest BCUT2D eigenvalue weighted by Crippen LogP contribution is -2.05. The maximum atomic E-state index is 12.2. The van der Waals surface area contributed by atoms with E-state index in [1.54, 1.807) is 6.20 Å². The largest absolute Gasteiger partial charge is 0.481 e. The monoisotopic (exact) mass is 322 g/mol. The van der Waals surface area contributed by atoms with Gasteiger partial charge < -0.3 is 15.7 Å². The average Bonchev–Trinajstić information content (AvgIpc) is 2.88. The molecule has 5 heteroatoms. The van der Waals surface area contributed by atoms with Crippen LogP contribution in [0.15, 0.2) is 48.7 Å². The van der Waals surface area contributed by atoms with Gasteiger partial charge in [0, 0.05) is 29.6 Å². The van der Waals surface area contributed by atoms with E-state index >= 15 is 0 Å². The van der Waals surface area contributed by atoms with E-state index in [-0.39, 0.29) is 12.3 Å². The number of benzene rings is 2. The number of carbonyl (C=O) groups excluding carboxylic acids is 1. The third kappa shape index (κ3) is 3.30. The highest BCUT2D eigenvalue weighted by molar-refractivity contribution is 6.32.